The van der Waals surface area contributed by atoms with Gasteiger partial charge in [-0.25, -0.2) is 9.78 Å². The number of benzene rings is 2. The molecule has 3 N–H and O–H groups in total. The molecule has 0 spiro atoms. The minimum absolute atomic E-state index is 0.0324. The summed E-state index contributed by atoms with van der Waals surface area (Å²) in [5, 5.41) is 12.6. The maximum atomic E-state index is 13.2. The van der Waals surface area contributed by atoms with Crippen LogP contribution in [0.4, 0.5) is 13.2 Å². The molecule has 0 bridgehead atoms. The number of ketones is 1. The van der Waals surface area contributed by atoms with E-state index < -0.39 is 12.1 Å². The Labute approximate surface area is 247 Å². The van der Waals surface area contributed by atoms with Crippen LogP contribution in [-0.2, 0) is 20.8 Å². The van der Waals surface area contributed by atoms with Crippen LogP contribution in [0.2, 0.25) is 0 Å². The summed E-state index contributed by atoms with van der Waals surface area (Å²) in [6.45, 7) is 2.42. The van der Waals surface area contributed by atoms with Gasteiger partial charge in [0.15, 0.2) is 0 Å². The van der Waals surface area contributed by atoms with Crippen molar-refractivity contribution in [2.45, 2.75) is 64.0 Å². The SMILES string of the molecule is CCC(=O)CCCCCC(C(=O)NCCc1ccccn1)c1ncc(-c2ccc3ccccc3c2)[nH]1.O=C(O)C(F)(F)F. The Morgan fingerprint density at radius 1 is 0.953 bits per heavy atom. The van der Waals surface area contributed by atoms with Crippen molar-refractivity contribution in [3.8, 4) is 11.3 Å². The Bertz CT molecular complexity index is 1490. The highest BCUT2D eigenvalue weighted by Crippen LogP contribution is 2.27. The number of halogens is 3. The van der Waals surface area contributed by atoms with Crippen LogP contribution >= 0.6 is 0 Å². The molecule has 1 unspecified atom stereocenters. The van der Waals surface area contributed by atoms with Crippen LogP contribution in [0.5, 0.6) is 0 Å². The standard InChI is InChI=1S/C30H34N4O2.C2HF3O2/c1-2-26(35)13-4-3-5-14-27(30(36)32-19-17-25-12-8-9-18-31-25)29-33-21-28(34-29)24-16-15-22-10-6-7-11-23(22)20-24;3-2(4,5)1(6)7/h6-12,15-16,18,20-21,27H,2-5,13-14,17,19H2,1H3,(H,32,36)(H,33,34);(H,6,7). The van der Waals surface area contributed by atoms with Crippen LogP contribution in [0.25, 0.3) is 22.0 Å². The average Bonchev–Trinajstić information content (AvgIpc) is 3.49. The maximum Gasteiger partial charge on any atom is 0.490 e. The number of aromatic amines is 1. The van der Waals surface area contributed by atoms with Gasteiger partial charge in [0.05, 0.1) is 17.8 Å². The predicted molar refractivity (Wildman–Crippen MR) is 157 cm³/mol. The lowest BCUT2D eigenvalue weighted by Gasteiger charge is -2.15. The van der Waals surface area contributed by atoms with Gasteiger partial charge in [-0.3, -0.25) is 14.6 Å². The van der Waals surface area contributed by atoms with Crippen molar-refractivity contribution in [2.75, 3.05) is 6.54 Å². The van der Waals surface area contributed by atoms with E-state index in [1.165, 1.54) is 5.39 Å². The number of hydrogen-bond acceptors (Lipinski definition) is 5. The number of H-pyrrole nitrogens is 1. The number of amides is 1. The fourth-order valence-electron chi connectivity index (χ4n) is 4.42. The van der Waals surface area contributed by atoms with Gasteiger partial charge in [0.25, 0.3) is 0 Å². The number of rotatable bonds is 13. The lowest BCUT2D eigenvalue weighted by molar-refractivity contribution is -0.192. The smallest absolute Gasteiger partial charge is 0.475 e. The molecule has 2 aromatic heterocycles. The van der Waals surface area contributed by atoms with Crippen molar-refractivity contribution in [1.82, 2.24) is 20.3 Å². The van der Waals surface area contributed by atoms with E-state index >= 15 is 0 Å². The lowest BCUT2D eigenvalue weighted by atomic mass is 9.98. The highest BCUT2D eigenvalue weighted by Gasteiger charge is 2.38. The minimum atomic E-state index is -5.08. The number of unbranched alkanes of at least 4 members (excludes halogenated alkanes) is 2. The summed E-state index contributed by atoms with van der Waals surface area (Å²) < 4.78 is 31.7. The summed E-state index contributed by atoms with van der Waals surface area (Å²) in [4.78, 5) is 46.1. The summed E-state index contributed by atoms with van der Waals surface area (Å²) >= 11 is 0. The van der Waals surface area contributed by atoms with Crippen LogP contribution in [0, 0.1) is 0 Å². The number of pyridine rings is 1. The summed E-state index contributed by atoms with van der Waals surface area (Å²) in [6, 6.07) is 20.4. The molecule has 0 aliphatic carbocycles. The first-order chi connectivity index (χ1) is 20.6. The molecule has 4 aromatic rings. The number of carbonyl (C=O) groups is 3. The van der Waals surface area contributed by atoms with E-state index in [1.807, 2.05) is 43.5 Å². The highest BCUT2D eigenvalue weighted by atomic mass is 19.4. The number of alkyl halides is 3. The third-order valence-corrected chi connectivity index (χ3v) is 6.79. The Kier molecular flexibility index (Phi) is 12.4. The molecule has 1 atom stereocenters. The van der Waals surface area contributed by atoms with E-state index in [1.54, 1.807) is 6.20 Å². The van der Waals surface area contributed by atoms with E-state index in [0.717, 1.165) is 41.6 Å². The van der Waals surface area contributed by atoms with Crippen LogP contribution in [0.1, 0.15) is 62.9 Å². The molecule has 0 radical (unpaired) electrons. The molecule has 2 heterocycles. The predicted octanol–water partition coefficient (Wildman–Crippen LogP) is 6.63. The molecule has 8 nitrogen and oxygen atoms in total. The molecule has 0 aliphatic heterocycles. The summed E-state index contributed by atoms with van der Waals surface area (Å²) in [7, 11) is 0. The van der Waals surface area contributed by atoms with Gasteiger partial charge in [0.2, 0.25) is 5.91 Å². The third-order valence-electron chi connectivity index (χ3n) is 6.79. The number of nitrogens with zero attached hydrogens (tertiary/aromatic N) is 2. The van der Waals surface area contributed by atoms with Gasteiger partial charge < -0.3 is 15.4 Å². The number of carbonyl (C=O) groups excluding carboxylic acids is 2. The first-order valence-corrected chi connectivity index (χ1v) is 14.1. The Balaban J connectivity index is 0.000000646. The summed E-state index contributed by atoms with van der Waals surface area (Å²) in [5.74, 6) is -2.18. The van der Waals surface area contributed by atoms with Gasteiger partial charge in [0, 0.05) is 43.3 Å². The minimum Gasteiger partial charge on any atom is -0.475 e. The van der Waals surface area contributed by atoms with E-state index in [2.05, 4.69) is 50.6 Å². The fraction of sp³-hybridized carbons (Fsp3) is 0.344. The molecular formula is C32H35F3N4O4. The van der Waals surface area contributed by atoms with Gasteiger partial charge >= 0.3 is 12.1 Å². The zero-order valence-electron chi connectivity index (χ0n) is 23.9. The number of nitrogens with one attached hydrogen (secondary N) is 2. The van der Waals surface area contributed by atoms with Gasteiger partial charge in [0.1, 0.15) is 11.6 Å². The zero-order valence-corrected chi connectivity index (χ0v) is 23.9. The number of carboxylic acid groups (broad SMARTS) is 1. The molecule has 11 heteroatoms. The quantitative estimate of drug-likeness (QED) is 0.149. The van der Waals surface area contributed by atoms with Crippen molar-refractivity contribution in [2.24, 2.45) is 0 Å². The zero-order chi connectivity index (χ0) is 31.2. The van der Waals surface area contributed by atoms with Crippen molar-refractivity contribution in [3.63, 3.8) is 0 Å². The Morgan fingerprint density at radius 2 is 1.67 bits per heavy atom. The number of aliphatic carboxylic acids is 1. The summed E-state index contributed by atoms with van der Waals surface area (Å²) in [5.41, 5.74) is 2.89. The third kappa shape index (κ3) is 10.7. The number of carboxylic acids is 1. The second kappa shape index (κ2) is 16.2. The normalized spacial score (nSPS) is 11.8. The molecule has 0 saturated carbocycles. The van der Waals surface area contributed by atoms with Crippen molar-refractivity contribution in [3.05, 3.63) is 84.6 Å². The Hall–Kier alpha value is -4.54. The van der Waals surface area contributed by atoms with E-state index in [-0.39, 0.29) is 11.8 Å². The second-order valence-electron chi connectivity index (χ2n) is 9.95. The van der Waals surface area contributed by atoms with Crippen LogP contribution in [0.15, 0.2) is 73.1 Å². The van der Waals surface area contributed by atoms with Gasteiger partial charge in [-0.1, -0.05) is 62.2 Å². The van der Waals surface area contributed by atoms with E-state index in [4.69, 9.17) is 9.90 Å². The molecular weight excluding hydrogens is 561 g/mol. The van der Waals surface area contributed by atoms with Gasteiger partial charge in [-0.05, 0) is 41.8 Å². The van der Waals surface area contributed by atoms with Crippen molar-refractivity contribution >= 4 is 28.4 Å². The molecule has 2 aromatic carbocycles. The molecule has 0 aliphatic rings. The van der Waals surface area contributed by atoms with E-state index in [0.29, 0.717) is 43.8 Å². The topological polar surface area (TPSA) is 125 Å². The fourth-order valence-corrected chi connectivity index (χ4v) is 4.42. The van der Waals surface area contributed by atoms with Crippen LogP contribution in [0.3, 0.4) is 0 Å². The largest absolute Gasteiger partial charge is 0.490 e. The number of aromatic nitrogens is 3. The number of fused-ring (bicyclic) bond motifs is 1. The maximum absolute atomic E-state index is 13.2. The number of Topliss-reactive ketones (excluding diaryl/α,β-unsaturated/α-hetero) is 1. The number of hydrogen-bond donors (Lipinski definition) is 3. The molecule has 43 heavy (non-hydrogen) atoms. The lowest BCUT2D eigenvalue weighted by Crippen LogP contribution is -2.31. The molecule has 0 fully saturated rings. The monoisotopic (exact) mass is 596 g/mol. The first-order valence-electron chi connectivity index (χ1n) is 14.1. The molecule has 1 amide bonds. The summed E-state index contributed by atoms with van der Waals surface area (Å²) in [6.07, 6.45) is 3.70. The first kappa shape index (κ1) is 33.0. The molecule has 0 saturated heterocycles. The van der Waals surface area contributed by atoms with Crippen LogP contribution in [-0.4, -0.2) is 50.4 Å². The molecule has 4 rings (SSSR count). The second-order valence-corrected chi connectivity index (χ2v) is 9.95. The van der Waals surface area contributed by atoms with Crippen molar-refractivity contribution in [1.29, 1.82) is 0 Å². The van der Waals surface area contributed by atoms with Gasteiger partial charge in [-0.2, -0.15) is 13.2 Å². The van der Waals surface area contributed by atoms with Gasteiger partial charge in [-0.15, -0.1) is 0 Å². The van der Waals surface area contributed by atoms with E-state index in [9.17, 15) is 22.8 Å². The number of imidazole rings is 1. The van der Waals surface area contributed by atoms with Crippen LogP contribution < -0.4 is 5.32 Å². The average molecular weight is 597 g/mol. The highest BCUT2D eigenvalue weighted by molar-refractivity contribution is 5.87. The Morgan fingerprint density at radius 3 is 2.35 bits per heavy atom. The van der Waals surface area contributed by atoms with Crippen molar-refractivity contribution < 1.29 is 32.7 Å². The molecule has 228 valence electrons.